The van der Waals surface area contributed by atoms with Crippen LogP contribution in [0.3, 0.4) is 0 Å². The predicted molar refractivity (Wildman–Crippen MR) is 80.4 cm³/mol. The van der Waals surface area contributed by atoms with Crippen molar-refractivity contribution in [2.45, 2.75) is 6.54 Å². The van der Waals surface area contributed by atoms with Crippen molar-refractivity contribution in [1.29, 1.82) is 0 Å². The summed E-state index contributed by atoms with van der Waals surface area (Å²) in [7, 11) is 0. The van der Waals surface area contributed by atoms with E-state index in [1.807, 2.05) is 35.2 Å². The Bertz CT molecular complexity index is 531. The lowest BCUT2D eigenvalue weighted by Crippen LogP contribution is -2.26. The van der Waals surface area contributed by atoms with E-state index in [1.165, 1.54) is 5.56 Å². The molecule has 0 saturated carbocycles. The van der Waals surface area contributed by atoms with Crippen LogP contribution in [0.5, 0.6) is 0 Å². The number of nitrogen functional groups attached to an aromatic ring is 1. The van der Waals surface area contributed by atoms with Crippen LogP contribution in [-0.4, -0.2) is 18.3 Å². The zero-order chi connectivity index (χ0) is 13.7. The van der Waals surface area contributed by atoms with Gasteiger partial charge in [0.1, 0.15) is 0 Å². The molecule has 0 radical (unpaired) electrons. The molecule has 100 valence electrons. The molecule has 3 nitrogen and oxygen atoms in total. The van der Waals surface area contributed by atoms with Gasteiger partial charge in [-0.25, -0.2) is 0 Å². The summed E-state index contributed by atoms with van der Waals surface area (Å²) in [6, 6.07) is 15.5. The molecule has 4 heteroatoms. The van der Waals surface area contributed by atoms with Gasteiger partial charge in [0.25, 0.3) is 0 Å². The lowest BCUT2D eigenvalue weighted by molar-refractivity contribution is 0.301. The summed E-state index contributed by atoms with van der Waals surface area (Å²) in [5.74, 6) is 0. The van der Waals surface area contributed by atoms with Gasteiger partial charge in [-0.15, -0.1) is 0 Å². The minimum absolute atomic E-state index is 0.0769. The zero-order valence-corrected chi connectivity index (χ0v) is 11.3. The Morgan fingerprint density at radius 2 is 1.84 bits per heavy atom. The summed E-state index contributed by atoms with van der Waals surface area (Å²) in [5, 5.41) is 9.81. The Morgan fingerprint density at radius 1 is 1.11 bits per heavy atom. The number of aliphatic hydroxyl groups excluding tert-OH is 1. The van der Waals surface area contributed by atoms with Gasteiger partial charge < -0.3 is 15.7 Å². The monoisotopic (exact) mass is 276 g/mol. The summed E-state index contributed by atoms with van der Waals surface area (Å²) in [6.07, 6.45) is 0. The first-order valence-electron chi connectivity index (χ1n) is 6.15. The summed E-state index contributed by atoms with van der Waals surface area (Å²) < 4.78 is 0. The van der Waals surface area contributed by atoms with E-state index in [2.05, 4.69) is 12.1 Å². The van der Waals surface area contributed by atoms with Crippen LogP contribution in [-0.2, 0) is 6.54 Å². The first kappa shape index (κ1) is 13.7. The zero-order valence-electron chi connectivity index (χ0n) is 10.6. The molecular formula is C15H17ClN2O. The molecule has 0 bridgehead atoms. The van der Waals surface area contributed by atoms with Crippen LogP contribution in [0.1, 0.15) is 5.56 Å². The summed E-state index contributed by atoms with van der Waals surface area (Å²) >= 11 is 6.22. The van der Waals surface area contributed by atoms with E-state index in [9.17, 15) is 5.11 Å². The van der Waals surface area contributed by atoms with E-state index < -0.39 is 0 Å². The van der Waals surface area contributed by atoms with Gasteiger partial charge in [0.05, 0.1) is 17.3 Å². The van der Waals surface area contributed by atoms with E-state index in [0.29, 0.717) is 23.8 Å². The molecule has 0 aliphatic heterocycles. The minimum atomic E-state index is 0.0769. The van der Waals surface area contributed by atoms with E-state index in [1.54, 1.807) is 6.07 Å². The van der Waals surface area contributed by atoms with Crippen molar-refractivity contribution in [1.82, 2.24) is 0 Å². The molecule has 0 atom stereocenters. The van der Waals surface area contributed by atoms with Crippen LogP contribution < -0.4 is 10.6 Å². The number of anilines is 2. The Morgan fingerprint density at radius 3 is 2.47 bits per heavy atom. The fourth-order valence-electron chi connectivity index (χ4n) is 1.99. The van der Waals surface area contributed by atoms with Crippen molar-refractivity contribution in [3.05, 3.63) is 59.1 Å². The maximum Gasteiger partial charge on any atom is 0.0660 e. The Kier molecular flexibility index (Phi) is 4.66. The van der Waals surface area contributed by atoms with Gasteiger partial charge in [-0.2, -0.15) is 0 Å². The molecule has 19 heavy (non-hydrogen) atoms. The van der Waals surface area contributed by atoms with Crippen LogP contribution in [0.2, 0.25) is 5.02 Å². The second-order valence-corrected chi connectivity index (χ2v) is 4.75. The molecule has 2 rings (SSSR count). The second kappa shape index (κ2) is 6.45. The molecule has 0 heterocycles. The molecule has 2 aromatic carbocycles. The number of halogens is 1. The van der Waals surface area contributed by atoms with E-state index in [0.717, 1.165) is 5.69 Å². The topological polar surface area (TPSA) is 49.5 Å². The minimum Gasteiger partial charge on any atom is -0.399 e. The van der Waals surface area contributed by atoms with Crippen molar-refractivity contribution in [2.24, 2.45) is 0 Å². The van der Waals surface area contributed by atoms with Crippen molar-refractivity contribution < 1.29 is 5.11 Å². The highest BCUT2D eigenvalue weighted by molar-refractivity contribution is 6.33. The van der Waals surface area contributed by atoms with Crippen LogP contribution in [0.15, 0.2) is 48.5 Å². The third-order valence-electron chi connectivity index (χ3n) is 2.90. The lowest BCUT2D eigenvalue weighted by atomic mass is 10.2. The molecule has 0 amide bonds. The first-order chi connectivity index (χ1) is 9.20. The maximum absolute atomic E-state index is 9.21. The molecular weight excluding hydrogens is 260 g/mol. The van der Waals surface area contributed by atoms with Gasteiger partial charge in [-0.05, 0) is 23.8 Å². The molecule has 0 spiro atoms. The molecule has 3 N–H and O–H groups in total. The van der Waals surface area contributed by atoms with E-state index in [4.69, 9.17) is 17.3 Å². The third-order valence-corrected chi connectivity index (χ3v) is 3.20. The largest absolute Gasteiger partial charge is 0.399 e. The number of hydrogen-bond acceptors (Lipinski definition) is 3. The van der Waals surface area contributed by atoms with Crippen molar-refractivity contribution in [2.75, 3.05) is 23.8 Å². The Balaban J connectivity index is 2.24. The predicted octanol–water partition coefficient (Wildman–Crippen LogP) is 2.92. The standard InChI is InChI=1S/C15H17ClN2O/c16-14-10-13(17)6-7-15(14)18(8-9-19)11-12-4-2-1-3-5-12/h1-7,10,19H,8-9,11,17H2. The van der Waals surface area contributed by atoms with Crippen molar-refractivity contribution >= 4 is 23.0 Å². The number of hydrogen-bond donors (Lipinski definition) is 2. The van der Waals surface area contributed by atoms with Crippen molar-refractivity contribution in [3.8, 4) is 0 Å². The highest BCUT2D eigenvalue weighted by atomic mass is 35.5. The lowest BCUT2D eigenvalue weighted by Gasteiger charge is -2.25. The van der Waals surface area contributed by atoms with E-state index in [-0.39, 0.29) is 6.61 Å². The number of nitrogens with zero attached hydrogens (tertiary/aromatic N) is 1. The average molecular weight is 277 g/mol. The van der Waals surface area contributed by atoms with Crippen LogP contribution in [0.25, 0.3) is 0 Å². The quantitative estimate of drug-likeness (QED) is 0.826. The Labute approximate surface area is 118 Å². The molecule has 2 aromatic rings. The third kappa shape index (κ3) is 3.63. The molecule has 0 unspecified atom stereocenters. The highest BCUT2D eigenvalue weighted by Crippen LogP contribution is 2.28. The molecule has 0 aliphatic carbocycles. The number of rotatable bonds is 5. The smallest absolute Gasteiger partial charge is 0.0660 e. The number of benzene rings is 2. The fourth-order valence-corrected chi connectivity index (χ4v) is 2.30. The maximum atomic E-state index is 9.21. The van der Waals surface area contributed by atoms with Gasteiger partial charge in [-0.1, -0.05) is 41.9 Å². The summed E-state index contributed by atoms with van der Waals surface area (Å²) in [5.41, 5.74) is 8.39. The van der Waals surface area contributed by atoms with Gasteiger partial charge in [0, 0.05) is 18.8 Å². The van der Waals surface area contributed by atoms with E-state index >= 15 is 0 Å². The summed E-state index contributed by atoms with van der Waals surface area (Å²) in [4.78, 5) is 2.04. The molecule has 0 aromatic heterocycles. The first-order valence-corrected chi connectivity index (χ1v) is 6.53. The van der Waals surface area contributed by atoms with Crippen LogP contribution in [0, 0.1) is 0 Å². The molecule has 0 saturated heterocycles. The summed E-state index contributed by atoms with van der Waals surface area (Å²) in [6.45, 7) is 1.30. The fraction of sp³-hybridized carbons (Fsp3) is 0.200. The van der Waals surface area contributed by atoms with Crippen LogP contribution in [0.4, 0.5) is 11.4 Å². The molecule has 0 aliphatic rings. The van der Waals surface area contributed by atoms with Gasteiger partial charge >= 0.3 is 0 Å². The van der Waals surface area contributed by atoms with Gasteiger partial charge in [0.2, 0.25) is 0 Å². The average Bonchev–Trinajstić information content (AvgIpc) is 2.39. The molecule has 0 fully saturated rings. The van der Waals surface area contributed by atoms with Gasteiger partial charge in [-0.3, -0.25) is 0 Å². The Hall–Kier alpha value is -1.71. The number of aliphatic hydroxyl groups is 1. The SMILES string of the molecule is Nc1ccc(N(CCO)Cc2ccccc2)c(Cl)c1. The second-order valence-electron chi connectivity index (χ2n) is 4.34. The van der Waals surface area contributed by atoms with Crippen molar-refractivity contribution in [3.63, 3.8) is 0 Å². The van der Waals surface area contributed by atoms with Crippen LogP contribution >= 0.6 is 11.6 Å². The normalized spacial score (nSPS) is 10.4. The highest BCUT2D eigenvalue weighted by Gasteiger charge is 2.10. The number of nitrogens with two attached hydrogens (primary N) is 1. The van der Waals surface area contributed by atoms with Gasteiger partial charge in [0.15, 0.2) is 0 Å².